The number of hydrogen-bond acceptors (Lipinski definition) is 4. The van der Waals surface area contributed by atoms with Crippen LogP contribution in [0.25, 0.3) is 0 Å². The van der Waals surface area contributed by atoms with Crippen molar-refractivity contribution in [3.8, 4) is 0 Å². The maximum absolute atomic E-state index is 12.1. The van der Waals surface area contributed by atoms with Gasteiger partial charge in [-0.2, -0.15) is 0 Å². The molecule has 1 N–H and O–H groups in total. The van der Waals surface area contributed by atoms with Crippen LogP contribution in [0.2, 0.25) is 5.15 Å². The number of aryl methyl sites for hydroxylation is 3. The van der Waals surface area contributed by atoms with Crippen molar-refractivity contribution in [2.45, 2.75) is 20.8 Å². The van der Waals surface area contributed by atoms with Gasteiger partial charge in [0.25, 0.3) is 5.91 Å². The lowest BCUT2D eigenvalue weighted by Gasteiger charge is -2.07. The second-order valence-electron chi connectivity index (χ2n) is 3.92. The zero-order valence-electron chi connectivity index (χ0n) is 10.2. The number of rotatable bonds is 2. The molecule has 0 aliphatic heterocycles. The minimum absolute atomic E-state index is 0.265. The van der Waals surface area contributed by atoms with E-state index in [2.05, 4.69) is 15.5 Å². The fourth-order valence-electron chi connectivity index (χ4n) is 1.65. The fourth-order valence-corrected chi connectivity index (χ4v) is 1.84. The molecule has 18 heavy (non-hydrogen) atoms. The lowest BCUT2D eigenvalue weighted by atomic mass is 10.2. The lowest BCUT2D eigenvalue weighted by molar-refractivity contribution is 0.102. The second-order valence-corrected chi connectivity index (χ2v) is 4.31. The lowest BCUT2D eigenvalue weighted by Crippen LogP contribution is -2.14. The summed E-state index contributed by atoms with van der Waals surface area (Å²) in [7, 11) is 0. The van der Waals surface area contributed by atoms with Gasteiger partial charge < -0.3 is 9.84 Å². The highest BCUT2D eigenvalue weighted by atomic mass is 35.5. The van der Waals surface area contributed by atoms with Crippen LogP contribution in [0.4, 0.5) is 5.69 Å². The van der Waals surface area contributed by atoms with Gasteiger partial charge in [0, 0.05) is 0 Å². The number of amides is 1. The molecule has 0 saturated heterocycles. The van der Waals surface area contributed by atoms with Crippen LogP contribution in [-0.2, 0) is 0 Å². The third-order valence-corrected chi connectivity index (χ3v) is 2.77. The van der Waals surface area contributed by atoms with Gasteiger partial charge in [-0.1, -0.05) is 16.8 Å². The Morgan fingerprint density at radius 2 is 2.00 bits per heavy atom. The predicted octanol–water partition coefficient (Wildman–Crippen LogP) is 2.90. The van der Waals surface area contributed by atoms with Crippen LogP contribution in [0, 0.1) is 20.8 Å². The van der Waals surface area contributed by atoms with E-state index in [1.54, 1.807) is 32.9 Å². The molecule has 5 nitrogen and oxygen atoms in total. The number of hydrogen-bond donors (Lipinski definition) is 1. The third-order valence-electron chi connectivity index (χ3n) is 2.56. The molecule has 0 fully saturated rings. The van der Waals surface area contributed by atoms with E-state index in [-0.39, 0.29) is 5.91 Å². The molecule has 0 spiro atoms. The standard InChI is InChI=1S/C12H12ClN3O2/c1-6-9(4-5-10(13)14-6)15-12(17)11-7(2)16-18-8(11)3/h4-5H,1-3H3,(H,15,17). The van der Waals surface area contributed by atoms with E-state index < -0.39 is 0 Å². The minimum Gasteiger partial charge on any atom is -0.361 e. The van der Waals surface area contributed by atoms with Crippen LogP contribution >= 0.6 is 11.6 Å². The van der Waals surface area contributed by atoms with Gasteiger partial charge in [0.05, 0.1) is 17.1 Å². The van der Waals surface area contributed by atoms with Gasteiger partial charge in [0.1, 0.15) is 16.5 Å². The van der Waals surface area contributed by atoms with E-state index in [1.165, 1.54) is 0 Å². The summed E-state index contributed by atoms with van der Waals surface area (Å²) in [6.07, 6.45) is 0. The Balaban J connectivity index is 2.27. The van der Waals surface area contributed by atoms with Gasteiger partial charge >= 0.3 is 0 Å². The van der Waals surface area contributed by atoms with E-state index in [4.69, 9.17) is 16.1 Å². The smallest absolute Gasteiger partial charge is 0.261 e. The zero-order chi connectivity index (χ0) is 13.3. The van der Waals surface area contributed by atoms with Crippen LogP contribution in [0.5, 0.6) is 0 Å². The molecule has 0 aliphatic rings. The van der Waals surface area contributed by atoms with Crippen molar-refractivity contribution in [1.82, 2.24) is 10.1 Å². The van der Waals surface area contributed by atoms with Crippen LogP contribution in [-0.4, -0.2) is 16.0 Å². The van der Waals surface area contributed by atoms with Crippen LogP contribution in [0.15, 0.2) is 16.7 Å². The summed E-state index contributed by atoms with van der Waals surface area (Å²) in [5.74, 6) is 0.225. The minimum atomic E-state index is -0.265. The molecule has 2 aromatic rings. The first kappa shape index (κ1) is 12.6. The molecule has 0 radical (unpaired) electrons. The summed E-state index contributed by atoms with van der Waals surface area (Å²) >= 11 is 5.75. The van der Waals surface area contributed by atoms with Crippen molar-refractivity contribution in [3.63, 3.8) is 0 Å². The predicted molar refractivity (Wildman–Crippen MR) is 67.9 cm³/mol. The van der Waals surface area contributed by atoms with Crippen molar-refractivity contribution < 1.29 is 9.32 Å². The van der Waals surface area contributed by atoms with Crippen molar-refractivity contribution in [1.29, 1.82) is 0 Å². The van der Waals surface area contributed by atoms with Crippen molar-refractivity contribution in [2.75, 3.05) is 5.32 Å². The summed E-state index contributed by atoms with van der Waals surface area (Å²) in [4.78, 5) is 16.1. The summed E-state index contributed by atoms with van der Waals surface area (Å²) in [6, 6.07) is 3.33. The maximum Gasteiger partial charge on any atom is 0.261 e. The van der Waals surface area contributed by atoms with Crippen molar-refractivity contribution in [3.05, 3.63) is 40.0 Å². The Morgan fingerprint density at radius 1 is 1.28 bits per heavy atom. The molecular weight excluding hydrogens is 254 g/mol. The molecule has 2 rings (SSSR count). The molecule has 2 heterocycles. The number of halogens is 1. The van der Waals surface area contributed by atoms with E-state index in [1.807, 2.05) is 0 Å². The Labute approximate surface area is 109 Å². The van der Waals surface area contributed by atoms with E-state index in [9.17, 15) is 4.79 Å². The first-order valence-electron chi connectivity index (χ1n) is 5.36. The SMILES string of the molecule is Cc1nc(Cl)ccc1NC(=O)c1c(C)noc1C. The Kier molecular flexibility index (Phi) is 3.34. The molecule has 2 aromatic heterocycles. The number of nitrogens with one attached hydrogen (secondary N) is 1. The van der Waals surface area contributed by atoms with Crippen LogP contribution in [0.3, 0.4) is 0 Å². The van der Waals surface area contributed by atoms with E-state index >= 15 is 0 Å². The molecule has 6 heteroatoms. The van der Waals surface area contributed by atoms with Gasteiger partial charge in [-0.15, -0.1) is 0 Å². The van der Waals surface area contributed by atoms with E-state index in [0.29, 0.717) is 33.6 Å². The molecule has 0 bridgehead atoms. The molecule has 0 aromatic carbocycles. The number of anilines is 1. The topological polar surface area (TPSA) is 68.0 Å². The second kappa shape index (κ2) is 4.78. The highest BCUT2D eigenvalue weighted by Gasteiger charge is 2.18. The molecule has 0 unspecified atom stereocenters. The summed E-state index contributed by atoms with van der Waals surface area (Å²) in [6.45, 7) is 5.19. The normalized spacial score (nSPS) is 10.4. The van der Waals surface area contributed by atoms with Gasteiger partial charge in [0.15, 0.2) is 0 Å². The summed E-state index contributed by atoms with van der Waals surface area (Å²) in [5, 5.41) is 6.90. The average Bonchev–Trinajstić information content (AvgIpc) is 2.62. The average molecular weight is 266 g/mol. The molecular formula is C12H12ClN3O2. The van der Waals surface area contributed by atoms with E-state index in [0.717, 1.165) is 0 Å². The molecule has 0 saturated carbocycles. The van der Waals surface area contributed by atoms with Gasteiger partial charge in [-0.25, -0.2) is 4.98 Å². The first-order chi connectivity index (χ1) is 8.49. The van der Waals surface area contributed by atoms with Gasteiger partial charge in [-0.05, 0) is 32.9 Å². The van der Waals surface area contributed by atoms with Gasteiger partial charge in [0.2, 0.25) is 0 Å². The van der Waals surface area contributed by atoms with Crippen molar-refractivity contribution in [2.24, 2.45) is 0 Å². The largest absolute Gasteiger partial charge is 0.361 e. The molecule has 0 atom stereocenters. The number of carbonyl (C=O) groups is 1. The molecule has 0 aliphatic carbocycles. The van der Waals surface area contributed by atoms with Crippen molar-refractivity contribution >= 4 is 23.2 Å². The van der Waals surface area contributed by atoms with Crippen LogP contribution < -0.4 is 5.32 Å². The van der Waals surface area contributed by atoms with Crippen LogP contribution in [0.1, 0.15) is 27.5 Å². The quantitative estimate of drug-likeness (QED) is 0.848. The van der Waals surface area contributed by atoms with Gasteiger partial charge in [-0.3, -0.25) is 4.79 Å². The number of pyridine rings is 1. The number of aromatic nitrogens is 2. The Hall–Kier alpha value is -1.88. The summed E-state index contributed by atoms with van der Waals surface area (Å²) in [5.41, 5.74) is 2.28. The fraction of sp³-hybridized carbons (Fsp3) is 0.250. The first-order valence-corrected chi connectivity index (χ1v) is 5.74. The highest BCUT2D eigenvalue weighted by Crippen LogP contribution is 2.19. The highest BCUT2D eigenvalue weighted by molar-refractivity contribution is 6.29. The maximum atomic E-state index is 12.1. The number of carbonyl (C=O) groups excluding carboxylic acids is 1. The summed E-state index contributed by atoms with van der Waals surface area (Å²) < 4.78 is 4.96. The monoisotopic (exact) mass is 265 g/mol. The Bertz CT molecular complexity index is 588. The third kappa shape index (κ3) is 2.36. The molecule has 1 amide bonds. The zero-order valence-corrected chi connectivity index (χ0v) is 11.0. The number of nitrogens with zero attached hydrogens (tertiary/aromatic N) is 2. The Morgan fingerprint density at radius 3 is 2.56 bits per heavy atom. The molecule has 94 valence electrons.